The summed E-state index contributed by atoms with van der Waals surface area (Å²) in [6, 6.07) is 8.75. The number of rotatable bonds is 12. The lowest BCUT2D eigenvalue weighted by atomic mass is 10.1. The molecule has 3 aromatic carbocycles. The zero-order chi connectivity index (χ0) is 34.2. The SMILES string of the molecule is CCN(c1cccc(S(=O)(=O)CCOS(=O)(=O)O)c1)c1nc(Cl)nc(Nc2ccc(S(=O)(=O)O)c3cc(S(=O)(=O)O)cc(O)c23)n1. The van der Waals surface area contributed by atoms with E-state index in [0.717, 1.165) is 18.2 Å². The van der Waals surface area contributed by atoms with Crippen LogP contribution in [0.15, 0.2) is 63.2 Å². The van der Waals surface area contributed by atoms with Crippen LogP contribution in [0.5, 0.6) is 5.75 Å². The van der Waals surface area contributed by atoms with Gasteiger partial charge in [0.05, 0.1) is 27.8 Å². The van der Waals surface area contributed by atoms with Crippen LogP contribution in [0.25, 0.3) is 10.8 Å². The number of nitrogens with zero attached hydrogens (tertiary/aromatic N) is 4. The number of anilines is 4. The molecule has 248 valence electrons. The molecule has 1 heterocycles. The summed E-state index contributed by atoms with van der Waals surface area (Å²) in [6.07, 6.45) is 0. The lowest BCUT2D eigenvalue weighted by Crippen LogP contribution is -2.21. The summed E-state index contributed by atoms with van der Waals surface area (Å²) in [4.78, 5) is 11.8. The molecule has 4 aromatic rings. The van der Waals surface area contributed by atoms with E-state index in [1.165, 1.54) is 29.2 Å². The number of aromatic hydroxyl groups is 1. The van der Waals surface area contributed by atoms with E-state index in [9.17, 15) is 47.9 Å². The van der Waals surface area contributed by atoms with Gasteiger partial charge in [0.15, 0.2) is 9.84 Å². The minimum atomic E-state index is -4.95. The predicted molar refractivity (Wildman–Crippen MR) is 162 cm³/mol. The van der Waals surface area contributed by atoms with Crippen molar-refractivity contribution in [3.63, 3.8) is 0 Å². The quantitative estimate of drug-likeness (QED) is 0.130. The fourth-order valence-corrected chi connectivity index (χ4v) is 7.06. The van der Waals surface area contributed by atoms with Gasteiger partial charge in [-0.05, 0) is 54.9 Å². The highest BCUT2D eigenvalue weighted by Crippen LogP contribution is 2.39. The molecule has 23 heteroatoms. The number of sulfone groups is 1. The highest BCUT2D eigenvalue weighted by molar-refractivity contribution is 7.91. The van der Waals surface area contributed by atoms with E-state index in [4.69, 9.17) is 16.2 Å². The van der Waals surface area contributed by atoms with Crippen molar-refractivity contribution in [2.24, 2.45) is 0 Å². The zero-order valence-corrected chi connectivity index (χ0v) is 27.0. The Morgan fingerprint density at radius 2 is 1.57 bits per heavy atom. The van der Waals surface area contributed by atoms with Gasteiger partial charge in [0.1, 0.15) is 10.6 Å². The first kappa shape index (κ1) is 35.1. The van der Waals surface area contributed by atoms with E-state index in [2.05, 4.69) is 24.5 Å². The van der Waals surface area contributed by atoms with Gasteiger partial charge in [0.2, 0.25) is 17.2 Å². The molecular formula is C23H22ClN5O13S4. The Bertz CT molecular complexity index is 2290. The van der Waals surface area contributed by atoms with E-state index in [0.29, 0.717) is 6.07 Å². The summed E-state index contributed by atoms with van der Waals surface area (Å²) in [5.74, 6) is -1.99. The van der Waals surface area contributed by atoms with Crippen LogP contribution >= 0.6 is 11.6 Å². The third-order valence-electron chi connectivity index (χ3n) is 6.08. The molecule has 0 unspecified atom stereocenters. The second-order valence-electron chi connectivity index (χ2n) is 9.09. The average Bonchev–Trinajstić information content (AvgIpc) is 2.91. The van der Waals surface area contributed by atoms with Crippen molar-refractivity contribution in [3.05, 3.63) is 53.8 Å². The second-order valence-corrected chi connectivity index (χ2v) is 15.4. The Kier molecular flexibility index (Phi) is 9.78. The topological polar surface area (TPSA) is 281 Å². The molecule has 5 N–H and O–H groups in total. The Hall–Kier alpha value is -3.74. The second kappa shape index (κ2) is 12.8. The van der Waals surface area contributed by atoms with Gasteiger partial charge in [-0.3, -0.25) is 13.7 Å². The third kappa shape index (κ3) is 8.15. The molecule has 0 aliphatic heterocycles. The van der Waals surface area contributed by atoms with E-state index in [-0.39, 0.29) is 45.4 Å². The summed E-state index contributed by atoms with van der Waals surface area (Å²) in [5, 5.41) is 12.2. The molecule has 0 aliphatic carbocycles. The number of aromatic nitrogens is 3. The molecular weight excluding hydrogens is 718 g/mol. The van der Waals surface area contributed by atoms with E-state index in [1.807, 2.05) is 0 Å². The molecule has 4 rings (SSSR count). The molecule has 0 fully saturated rings. The van der Waals surface area contributed by atoms with Crippen molar-refractivity contribution >= 4 is 86.1 Å². The summed E-state index contributed by atoms with van der Waals surface area (Å²) in [5.41, 5.74) is 0.143. The van der Waals surface area contributed by atoms with Crippen molar-refractivity contribution in [1.82, 2.24) is 15.0 Å². The van der Waals surface area contributed by atoms with Crippen molar-refractivity contribution in [1.29, 1.82) is 0 Å². The molecule has 0 atom stereocenters. The lowest BCUT2D eigenvalue weighted by molar-refractivity contribution is 0.284. The van der Waals surface area contributed by atoms with E-state index < -0.39 is 73.8 Å². The van der Waals surface area contributed by atoms with Gasteiger partial charge in [-0.15, -0.1) is 0 Å². The maximum Gasteiger partial charge on any atom is 0.397 e. The molecule has 0 amide bonds. The summed E-state index contributed by atoms with van der Waals surface area (Å²) in [7, 11) is -18.8. The van der Waals surface area contributed by atoms with Crippen LogP contribution in [0.4, 0.5) is 23.3 Å². The minimum absolute atomic E-state index is 0.0988. The number of phenols is 1. The Morgan fingerprint density at radius 1 is 0.870 bits per heavy atom. The number of hydrogen-bond acceptors (Lipinski definition) is 15. The molecule has 0 spiro atoms. The van der Waals surface area contributed by atoms with Gasteiger partial charge in [0.25, 0.3) is 20.2 Å². The van der Waals surface area contributed by atoms with Gasteiger partial charge >= 0.3 is 10.4 Å². The Morgan fingerprint density at radius 3 is 2.17 bits per heavy atom. The number of hydrogen-bond donors (Lipinski definition) is 5. The monoisotopic (exact) mass is 739 g/mol. The number of phenolic OH excluding ortho intramolecular Hbond substituents is 1. The first-order valence-electron chi connectivity index (χ1n) is 12.3. The molecule has 18 nitrogen and oxygen atoms in total. The van der Waals surface area contributed by atoms with E-state index >= 15 is 0 Å². The number of halogens is 1. The van der Waals surface area contributed by atoms with Crippen LogP contribution in [0.3, 0.4) is 0 Å². The third-order valence-corrected chi connectivity index (χ3v) is 10.1. The van der Waals surface area contributed by atoms with Gasteiger partial charge in [-0.25, -0.2) is 12.6 Å². The van der Waals surface area contributed by atoms with Crippen molar-refractivity contribution in [2.75, 3.05) is 29.1 Å². The summed E-state index contributed by atoms with van der Waals surface area (Å²) >= 11 is 6.14. The van der Waals surface area contributed by atoms with Crippen LogP contribution < -0.4 is 10.2 Å². The zero-order valence-electron chi connectivity index (χ0n) is 23.0. The van der Waals surface area contributed by atoms with Crippen molar-refractivity contribution in [2.45, 2.75) is 21.6 Å². The molecule has 0 bridgehead atoms. The van der Waals surface area contributed by atoms with E-state index in [1.54, 1.807) is 6.92 Å². The molecule has 0 saturated heterocycles. The number of fused-ring (bicyclic) bond motifs is 1. The van der Waals surface area contributed by atoms with Crippen molar-refractivity contribution < 1.29 is 56.6 Å². The highest BCUT2D eigenvalue weighted by Gasteiger charge is 2.24. The summed E-state index contributed by atoms with van der Waals surface area (Å²) in [6.45, 7) is 0.964. The molecule has 46 heavy (non-hydrogen) atoms. The Balaban J connectivity index is 1.76. The largest absolute Gasteiger partial charge is 0.507 e. The molecule has 0 radical (unpaired) electrons. The van der Waals surface area contributed by atoms with Crippen LogP contribution in [0, 0.1) is 0 Å². The van der Waals surface area contributed by atoms with Gasteiger partial charge in [-0.1, -0.05) is 6.07 Å². The smallest absolute Gasteiger partial charge is 0.397 e. The fraction of sp³-hybridized carbons (Fsp3) is 0.174. The minimum Gasteiger partial charge on any atom is -0.507 e. The maximum atomic E-state index is 12.8. The van der Waals surface area contributed by atoms with Gasteiger partial charge < -0.3 is 15.3 Å². The number of benzene rings is 3. The fourth-order valence-electron chi connectivity index (χ4n) is 4.18. The van der Waals surface area contributed by atoms with Gasteiger partial charge in [0, 0.05) is 29.1 Å². The van der Waals surface area contributed by atoms with Crippen LogP contribution in [-0.4, -0.2) is 86.3 Å². The molecule has 1 aromatic heterocycles. The van der Waals surface area contributed by atoms with Crippen LogP contribution in [-0.2, 0) is 44.7 Å². The first-order chi connectivity index (χ1) is 21.2. The molecule has 0 saturated carbocycles. The average molecular weight is 740 g/mol. The van der Waals surface area contributed by atoms with Crippen LogP contribution in [0.1, 0.15) is 6.92 Å². The Labute approximate surface area is 267 Å². The standard InChI is InChI=1S/C23H22ClN5O13S4/c1-2-29(13-4-3-5-14(10-13)43(31,32)9-8-42-46(39,40)41)23-27-21(24)26-22(28-23)25-17-6-7-19(45(36,37)38)16-11-15(44(33,34)35)12-18(30)20(16)17/h3-7,10-12,30H,2,8-9H2,1H3,(H,33,34,35)(H,36,37,38)(H,39,40,41)(H,25,26,27,28). The predicted octanol–water partition coefficient (Wildman–Crippen LogP) is 2.37. The normalized spacial score (nSPS) is 12.7. The van der Waals surface area contributed by atoms with Gasteiger partial charge in [-0.2, -0.15) is 40.2 Å². The maximum absolute atomic E-state index is 12.8. The van der Waals surface area contributed by atoms with Crippen molar-refractivity contribution in [3.8, 4) is 5.75 Å². The lowest BCUT2D eigenvalue weighted by Gasteiger charge is -2.22. The van der Waals surface area contributed by atoms with Crippen LogP contribution in [0.2, 0.25) is 5.28 Å². The highest BCUT2D eigenvalue weighted by atomic mass is 35.5. The molecule has 0 aliphatic rings. The summed E-state index contributed by atoms with van der Waals surface area (Å²) < 4.78 is 126. The first-order valence-corrected chi connectivity index (χ1v) is 18.6. The number of nitrogens with one attached hydrogen (secondary N) is 1.